The molecular weight excluding hydrogens is 244 g/mol. The largest absolute Gasteiger partial charge is 0.545 e. The SMILES string of the molecule is C=C(C)[C@@H]1C=C(O[Si](C)(C)C)[C@H]2OC(C)(C)O[C@H]21. The lowest BCUT2D eigenvalue weighted by atomic mass is 9.98. The van der Waals surface area contributed by atoms with E-state index in [2.05, 4.69) is 32.3 Å². The molecule has 0 saturated carbocycles. The summed E-state index contributed by atoms with van der Waals surface area (Å²) in [6.45, 7) is 16.5. The maximum absolute atomic E-state index is 6.14. The Kier molecular flexibility index (Phi) is 3.24. The molecule has 1 aliphatic heterocycles. The second-order valence-electron chi connectivity index (χ2n) is 6.68. The number of ether oxygens (including phenoxy) is 2. The molecule has 0 aromatic rings. The van der Waals surface area contributed by atoms with E-state index in [-0.39, 0.29) is 18.1 Å². The van der Waals surface area contributed by atoms with E-state index in [0.717, 1.165) is 11.3 Å². The number of fused-ring (bicyclic) bond motifs is 1. The quantitative estimate of drug-likeness (QED) is 0.579. The molecule has 0 aromatic carbocycles. The zero-order valence-electron chi connectivity index (χ0n) is 12.2. The van der Waals surface area contributed by atoms with Crippen LogP contribution in [0.25, 0.3) is 0 Å². The third kappa shape index (κ3) is 2.71. The summed E-state index contributed by atoms with van der Waals surface area (Å²) < 4.78 is 18.1. The predicted molar refractivity (Wildman–Crippen MR) is 74.6 cm³/mol. The van der Waals surface area contributed by atoms with Crippen molar-refractivity contribution in [2.75, 3.05) is 0 Å². The fraction of sp³-hybridized carbons (Fsp3) is 0.714. The third-order valence-electron chi connectivity index (χ3n) is 3.10. The molecule has 102 valence electrons. The van der Waals surface area contributed by atoms with Crippen molar-refractivity contribution in [2.45, 2.75) is 58.4 Å². The van der Waals surface area contributed by atoms with Crippen LogP contribution in [-0.4, -0.2) is 26.3 Å². The van der Waals surface area contributed by atoms with Gasteiger partial charge in [0.2, 0.25) is 8.32 Å². The summed E-state index contributed by atoms with van der Waals surface area (Å²) in [7, 11) is -1.63. The van der Waals surface area contributed by atoms with E-state index in [1.54, 1.807) is 0 Å². The summed E-state index contributed by atoms with van der Waals surface area (Å²) in [5.41, 5.74) is 1.10. The van der Waals surface area contributed by atoms with Crippen LogP contribution in [0.5, 0.6) is 0 Å². The number of hydrogen-bond donors (Lipinski definition) is 0. The summed E-state index contributed by atoms with van der Waals surface area (Å²) in [5.74, 6) is 0.603. The molecule has 0 aromatic heterocycles. The predicted octanol–water partition coefficient (Wildman–Crippen LogP) is 3.45. The fourth-order valence-electron chi connectivity index (χ4n) is 2.51. The highest BCUT2D eigenvalue weighted by atomic mass is 28.4. The highest BCUT2D eigenvalue weighted by Gasteiger charge is 2.51. The minimum atomic E-state index is -1.63. The maximum Gasteiger partial charge on any atom is 0.241 e. The molecule has 1 heterocycles. The number of hydrogen-bond acceptors (Lipinski definition) is 3. The van der Waals surface area contributed by atoms with Crippen molar-refractivity contribution in [2.24, 2.45) is 5.92 Å². The first kappa shape index (κ1) is 13.8. The molecule has 1 saturated heterocycles. The molecule has 2 aliphatic rings. The molecule has 0 bridgehead atoms. The molecule has 4 heteroatoms. The van der Waals surface area contributed by atoms with Gasteiger partial charge in [-0.25, -0.2) is 0 Å². The topological polar surface area (TPSA) is 27.7 Å². The van der Waals surface area contributed by atoms with Gasteiger partial charge in [-0.05, 0) is 46.5 Å². The molecule has 0 radical (unpaired) electrons. The highest BCUT2D eigenvalue weighted by Crippen LogP contribution is 2.44. The van der Waals surface area contributed by atoms with E-state index in [9.17, 15) is 0 Å². The van der Waals surface area contributed by atoms with E-state index in [4.69, 9.17) is 13.9 Å². The van der Waals surface area contributed by atoms with Gasteiger partial charge in [0.1, 0.15) is 18.0 Å². The Morgan fingerprint density at radius 1 is 1.33 bits per heavy atom. The summed E-state index contributed by atoms with van der Waals surface area (Å²) in [4.78, 5) is 0. The van der Waals surface area contributed by atoms with Gasteiger partial charge in [-0.1, -0.05) is 12.2 Å². The Hall–Kier alpha value is -0.583. The van der Waals surface area contributed by atoms with Crippen LogP contribution in [0.3, 0.4) is 0 Å². The molecule has 1 aliphatic carbocycles. The van der Waals surface area contributed by atoms with Crippen molar-refractivity contribution in [3.8, 4) is 0 Å². The average molecular weight is 268 g/mol. The Bertz CT molecular complexity index is 392. The van der Waals surface area contributed by atoms with Crippen molar-refractivity contribution >= 4 is 8.32 Å². The van der Waals surface area contributed by atoms with Gasteiger partial charge in [0.15, 0.2) is 5.79 Å². The first-order valence-electron chi connectivity index (χ1n) is 6.51. The molecule has 0 amide bonds. The Morgan fingerprint density at radius 3 is 2.44 bits per heavy atom. The van der Waals surface area contributed by atoms with Crippen molar-refractivity contribution in [3.05, 3.63) is 24.0 Å². The van der Waals surface area contributed by atoms with Crippen LogP contribution < -0.4 is 0 Å². The zero-order valence-corrected chi connectivity index (χ0v) is 13.2. The van der Waals surface area contributed by atoms with Crippen molar-refractivity contribution in [3.63, 3.8) is 0 Å². The minimum Gasteiger partial charge on any atom is -0.545 e. The zero-order chi connectivity index (χ0) is 13.7. The smallest absolute Gasteiger partial charge is 0.241 e. The maximum atomic E-state index is 6.14. The lowest BCUT2D eigenvalue weighted by molar-refractivity contribution is -0.149. The first-order chi connectivity index (χ1) is 8.09. The molecular formula is C14H24O3Si. The second-order valence-corrected chi connectivity index (χ2v) is 11.1. The molecule has 0 N–H and O–H groups in total. The lowest BCUT2D eigenvalue weighted by Gasteiger charge is -2.24. The van der Waals surface area contributed by atoms with Crippen LogP contribution in [0.15, 0.2) is 24.0 Å². The minimum absolute atomic E-state index is 0.0175. The van der Waals surface area contributed by atoms with Gasteiger partial charge < -0.3 is 13.9 Å². The van der Waals surface area contributed by atoms with Crippen molar-refractivity contribution in [1.29, 1.82) is 0 Å². The lowest BCUT2D eigenvalue weighted by Crippen LogP contribution is -2.31. The summed E-state index contributed by atoms with van der Waals surface area (Å²) in [5, 5.41) is 0. The van der Waals surface area contributed by atoms with Gasteiger partial charge in [-0.2, -0.15) is 0 Å². The van der Waals surface area contributed by atoms with E-state index in [1.807, 2.05) is 20.8 Å². The van der Waals surface area contributed by atoms with Crippen molar-refractivity contribution in [1.82, 2.24) is 0 Å². The van der Waals surface area contributed by atoms with Crippen LogP contribution >= 0.6 is 0 Å². The van der Waals surface area contributed by atoms with Crippen LogP contribution in [0, 0.1) is 5.92 Å². The molecule has 0 unspecified atom stereocenters. The normalized spacial score (nSPS) is 34.1. The van der Waals surface area contributed by atoms with Gasteiger partial charge in [0.05, 0.1) is 0 Å². The monoisotopic (exact) mass is 268 g/mol. The molecule has 2 rings (SSSR count). The van der Waals surface area contributed by atoms with E-state index >= 15 is 0 Å². The Labute approximate surface area is 111 Å². The summed E-state index contributed by atoms with van der Waals surface area (Å²) in [6, 6.07) is 0. The van der Waals surface area contributed by atoms with Gasteiger partial charge in [0.25, 0.3) is 0 Å². The van der Waals surface area contributed by atoms with Crippen LogP contribution in [0.1, 0.15) is 20.8 Å². The highest BCUT2D eigenvalue weighted by molar-refractivity contribution is 6.70. The Balaban J connectivity index is 2.25. The third-order valence-corrected chi connectivity index (χ3v) is 3.95. The van der Waals surface area contributed by atoms with E-state index in [0.29, 0.717) is 0 Å². The van der Waals surface area contributed by atoms with Crippen molar-refractivity contribution < 1.29 is 13.9 Å². The molecule has 3 nitrogen and oxygen atoms in total. The summed E-state index contributed by atoms with van der Waals surface area (Å²) >= 11 is 0. The van der Waals surface area contributed by atoms with Gasteiger partial charge >= 0.3 is 0 Å². The van der Waals surface area contributed by atoms with Gasteiger partial charge in [-0.15, -0.1) is 0 Å². The van der Waals surface area contributed by atoms with Gasteiger partial charge in [-0.3, -0.25) is 0 Å². The fourth-order valence-corrected chi connectivity index (χ4v) is 3.40. The molecule has 0 spiro atoms. The molecule has 3 atom stereocenters. The molecule has 1 fully saturated rings. The van der Waals surface area contributed by atoms with E-state index < -0.39 is 14.1 Å². The van der Waals surface area contributed by atoms with Gasteiger partial charge in [0, 0.05) is 5.92 Å². The molecule has 18 heavy (non-hydrogen) atoms. The number of rotatable bonds is 3. The summed E-state index contributed by atoms with van der Waals surface area (Å²) in [6.07, 6.45) is 2.07. The van der Waals surface area contributed by atoms with Crippen LogP contribution in [0.2, 0.25) is 19.6 Å². The van der Waals surface area contributed by atoms with E-state index in [1.165, 1.54) is 0 Å². The van der Waals surface area contributed by atoms with Crippen LogP contribution in [-0.2, 0) is 13.9 Å². The second kappa shape index (κ2) is 4.22. The average Bonchev–Trinajstić information content (AvgIpc) is 2.58. The first-order valence-corrected chi connectivity index (χ1v) is 9.92. The van der Waals surface area contributed by atoms with Crippen LogP contribution in [0.4, 0.5) is 0 Å². The standard InChI is InChI=1S/C14H24O3Si/c1-9(2)10-8-11(17-18(5,6)7)13-12(10)15-14(3,4)16-13/h8,10,12-13H,1H2,2-7H3/t10-,12-,13+/m0/s1. The Morgan fingerprint density at radius 2 is 1.94 bits per heavy atom.